The number of rotatable bonds is 8. The number of hydrogen-bond acceptors (Lipinski definition) is 3. The normalized spacial score (nSPS) is 11.4. The molecule has 3 rings (SSSR count). The third-order valence-corrected chi connectivity index (χ3v) is 5.34. The van der Waals surface area contributed by atoms with Crippen molar-refractivity contribution < 1.29 is 8.42 Å². The van der Waals surface area contributed by atoms with E-state index in [9.17, 15) is 8.42 Å². The first kappa shape index (κ1) is 20.4. The molecule has 0 aromatic heterocycles. The van der Waals surface area contributed by atoms with Crippen molar-refractivity contribution in [3.63, 3.8) is 0 Å². The van der Waals surface area contributed by atoms with Crippen molar-refractivity contribution in [2.75, 3.05) is 11.0 Å². The first-order valence-corrected chi connectivity index (χ1v) is 11.3. The maximum Gasteiger partial charge on any atom is 0.229 e. The molecular weight excluding hydrogens is 392 g/mol. The van der Waals surface area contributed by atoms with Gasteiger partial charge in [-0.05, 0) is 40.8 Å². The summed E-state index contributed by atoms with van der Waals surface area (Å²) in [5, 5.41) is 4.10. The fourth-order valence-electron chi connectivity index (χ4n) is 3.08. The van der Waals surface area contributed by atoms with Crippen LogP contribution in [0.4, 0.5) is 5.69 Å². The summed E-state index contributed by atoms with van der Waals surface area (Å²) in [5.74, 6) is 0. The Labute approximate surface area is 171 Å². The number of hydrogen-bond donors (Lipinski definition) is 2. The van der Waals surface area contributed by atoms with Gasteiger partial charge in [0.2, 0.25) is 10.0 Å². The van der Waals surface area contributed by atoms with Gasteiger partial charge in [0, 0.05) is 18.1 Å². The van der Waals surface area contributed by atoms with Crippen molar-refractivity contribution in [3.8, 4) is 0 Å². The monoisotopic (exact) mass is 414 g/mol. The zero-order chi connectivity index (χ0) is 20.0. The fourth-order valence-corrected chi connectivity index (χ4v) is 3.88. The minimum Gasteiger partial charge on any atom is -0.308 e. The molecule has 2 N–H and O–H groups in total. The van der Waals surface area contributed by atoms with Gasteiger partial charge in [0.05, 0.1) is 11.9 Å². The predicted molar refractivity (Wildman–Crippen MR) is 116 cm³/mol. The number of sulfonamides is 1. The quantitative estimate of drug-likeness (QED) is 0.566. The third-order valence-electron chi connectivity index (χ3n) is 4.38. The molecule has 0 spiro atoms. The average Bonchev–Trinajstić information content (AvgIpc) is 2.65. The summed E-state index contributed by atoms with van der Waals surface area (Å²) in [6, 6.07) is 23.5. The number of halogens is 1. The predicted octanol–water partition coefficient (Wildman–Crippen LogP) is 4.59. The number of benzene rings is 3. The van der Waals surface area contributed by atoms with E-state index in [1.165, 1.54) is 5.56 Å². The third kappa shape index (κ3) is 5.83. The van der Waals surface area contributed by atoms with Crippen LogP contribution in [0.3, 0.4) is 0 Å². The van der Waals surface area contributed by atoms with E-state index >= 15 is 0 Å². The van der Waals surface area contributed by atoms with Crippen LogP contribution in [0.5, 0.6) is 0 Å². The van der Waals surface area contributed by atoms with Crippen molar-refractivity contribution in [1.82, 2.24) is 5.32 Å². The van der Waals surface area contributed by atoms with Crippen molar-refractivity contribution in [2.24, 2.45) is 0 Å². The molecule has 4 nitrogen and oxygen atoms in total. The van der Waals surface area contributed by atoms with Gasteiger partial charge in [0.1, 0.15) is 0 Å². The molecule has 0 amide bonds. The van der Waals surface area contributed by atoms with Gasteiger partial charge in [-0.2, -0.15) is 0 Å². The van der Waals surface area contributed by atoms with Crippen LogP contribution in [0, 0.1) is 0 Å². The molecule has 0 aliphatic carbocycles. The van der Waals surface area contributed by atoms with E-state index in [1.54, 1.807) is 6.07 Å². The summed E-state index contributed by atoms with van der Waals surface area (Å²) in [6.45, 7) is 1.11. The zero-order valence-electron chi connectivity index (χ0n) is 15.7. The molecule has 0 aliphatic heterocycles. The summed E-state index contributed by atoms with van der Waals surface area (Å²) in [6.07, 6.45) is 1.89. The topological polar surface area (TPSA) is 58.2 Å². The molecule has 0 heterocycles. The van der Waals surface area contributed by atoms with Gasteiger partial charge in [-0.15, -0.1) is 0 Å². The van der Waals surface area contributed by atoms with E-state index in [0.717, 1.165) is 29.4 Å². The standard InChI is InChI=1S/C22H23ClN2O2S/c1-28(26,27)25-22-13-7-11-18(14-17-8-3-2-4-9-17)20(22)16-24-15-19-10-5-6-12-21(19)23/h2-13,24-25H,14-16H2,1H3. The highest BCUT2D eigenvalue weighted by Gasteiger charge is 2.12. The molecule has 0 saturated carbocycles. The minimum absolute atomic E-state index is 0.520. The molecule has 0 bridgehead atoms. The minimum atomic E-state index is -3.37. The SMILES string of the molecule is CS(=O)(=O)Nc1cccc(Cc2ccccc2)c1CNCc1ccccc1Cl. The van der Waals surface area contributed by atoms with Crippen molar-refractivity contribution in [2.45, 2.75) is 19.5 Å². The first-order chi connectivity index (χ1) is 13.4. The van der Waals surface area contributed by atoms with E-state index in [4.69, 9.17) is 11.6 Å². The van der Waals surface area contributed by atoms with E-state index in [1.807, 2.05) is 54.6 Å². The molecule has 0 radical (unpaired) electrons. The second-order valence-electron chi connectivity index (χ2n) is 6.67. The molecule has 3 aromatic rings. The zero-order valence-corrected chi connectivity index (χ0v) is 17.2. The molecule has 3 aromatic carbocycles. The summed E-state index contributed by atoms with van der Waals surface area (Å²) < 4.78 is 26.3. The van der Waals surface area contributed by atoms with Crippen LogP contribution in [0.2, 0.25) is 5.02 Å². The molecule has 0 saturated heterocycles. The maximum atomic E-state index is 11.8. The second kappa shape index (κ2) is 9.24. The Hall–Kier alpha value is -2.34. The Bertz CT molecular complexity index is 1040. The molecule has 28 heavy (non-hydrogen) atoms. The number of nitrogens with one attached hydrogen (secondary N) is 2. The molecular formula is C22H23ClN2O2S. The van der Waals surface area contributed by atoms with Crippen molar-refractivity contribution in [1.29, 1.82) is 0 Å². The Morgan fingerprint density at radius 3 is 2.21 bits per heavy atom. The van der Waals surface area contributed by atoms with Crippen LogP contribution in [0.15, 0.2) is 72.8 Å². The smallest absolute Gasteiger partial charge is 0.229 e. The van der Waals surface area contributed by atoms with E-state index < -0.39 is 10.0 Å². The lowest BCUT2D eigenvalue weighted by molar-refractivity contribution is 0.606. The van der Waals surface area contributed by atoms with Crippen molar-refractivity contribution >= 4 is 27.3 Å². The highest BCUT2D eigenvalue weighted by atomic mass is 35.5. The van der Waals surface area contributed by atoms with Gasteiger partial charge in [0.15, 0.2) is 0 Å². The molecule has 0 atom stereocenters. The van der Waals surface area contributed by atoms with Gasteiger partial charge in [-0.3, -0.25) is 4.72 Å². The largest absolute Gasteiger partial charge is 0.308 e. The van der Waals surface area contributed by atoms with E-state index in [0.29, 0.717) is 23.8 Å². The van der Waals surface area contributed by atoms with Crippen LogP contribution in [-0.2, 0) is 29.5 Å². The first-order valence-electron chi connectivity index (χ1n) is 8.99. The van der Waals surface area contributed by atoms with Crippen LogP contribution >= 0.6 is 11.6 Å². The fraction of sp³-hybridized carbons (Fsp3) is 0.182. The van der Waals surface area contributed by atoms with Crippen LogP contribution in [0.25, 0.3) is 0 Å². The van der Waals surface area contributed by atoms with Crippen LogP contribution in [0.1, 0.15) is 22.3 Å². The molecule has 146 valence electrons. The lowest BCUT2D eigenvalue weighted by Gasteiger charge is -2.17. The lowest BCUT2D eigenvalue weighted by atomic mass is 9.98. The van der Waals surface area contributed by atoms with Crippen LogP contribution in [-0.4, -0.2) is 14.7 Å². The maximum absolute atomic E-state index is 11.8. The lowest BCUT2D eigenvalue weighted by Crippen LogP contribution is -2.18. The van der Waals surface area contributed by atoms with Crippen molar-refractivity contribution in [3.05, 3.63) is 100 Å². The molecule has 6 heteroatoms. The highest BCUT2D eigenvalue weighted by Crippen LogP contribution is 2.24. The molecule has 0 fully saturated rings. The van der Waals surface area contributed by atoms with Crippen LogP contribution < -0.4 is 10.0 Å². The van der Waals surface area contributed by atoms with Gasteiger partial charge in [-0.1, -0.05) is 72.3 Å². The summed E-state index contributed by atoms with van der Waals surface area (Å²) in [5.41, 5.74) is 4.78. The van der Waals surface area contributed by atoms with Gasteiger partial charge in [-0.25, -0.2) is 8.42 Å². The van der Waals surface area contributed by atoms with Gasteiger partial charge in [0.25, 0.3) is 0 Å². The van der Waals surface area contributed by atoms with Gasteiger partial charge < -0.3 is 5.32 Å². The second-order valence-corrected chi connectivity index (χ2v) is 8.83. The number of anilines is 1. The highest BCUT2D eigenvalue weighted by molar-refractivity contribution is 7.92. The molecule has 0 aliphatic rings. The van der Waals surface area contributed by atoms with E-state index in [2.05, 4.69) is 22.2 Å². The summed E-state index contributed by atoms with van der Waals surface area (Å²) in [7, 11) is -3.37. The van der Waals surface area contributed by atoms with Gasteiger partial charge >= 0.3 is 0 Å². The summed E-state index contributed by atoms with van der Waals surface area (Å²) in [4.78, 5) is 0. The average molecular weight is 415 g/mol. The summed E-state index contributed by atoms with van der Waals surface area (Å²) >= 11 is 6.23. The Kier molecular flexibility index (Phi) is 6.73. The Morgan fingerprint density at radius 2 is 1.50 bits per heavy atom. The Morgan fingerprint density at radius 1 is 0.821 bits per heavy atom. The Balaban J connectivity index is 1.85. The van der Waals surface area contributed by atoms with E-state index in [-0.39, 0.29) is 0 Å². The molecule has 0 unspecified atom stereocenters.